The Morgan fingerprint density at radius 2 is 1.77 bits per heavy atom. The number of benzene rings is 2. The van der Waals surface area contributed by atoms with Crippen molar-refractivity contribution in [3.05, 3.63) is 58.1 Å². The summed E-state index contributed by atoms with van der Waals surface area (Å²) in [6, 6.07) is 8.39. The van der Waals surface area contributed by atoms with E-state index in [1.54, 1.807) is 19.0 Å². The van der Waals surface area contributed by atoms with Gasteiger partial charge in [-0.25, -0.2) is 0 Å². The van der Waals surface area contributed by atoms with Crippen LogP contribution in [0.2, 0.25) is 0 Å². The number of carbonyl (C=O) groups excluding carboxylic acids is 1. The lowest BCUT2D eigenvalue weighted by Crippen LogP contribution is -2.19. The Morgan fingerprint density at radius 3 is 2.27 bits per heavy atom. The number of hydrogen-bond acceptors (Lipinski definition) is 5. The van der Waals surface area contributed by atoms with E-state index in [2.05, 4.69) is 10.1 Å². The van der Waals surface area contributed by atoms with E-state index in [9.17, 15) is 28.1 Å². The number of carbonyl (C=O) groups is 1. The standard InChI is InChI=1S/C16H14F3N3O4/c1-21(2)14-8-5-11(22(24)25)9-13(14)15(23)20-10-3-6-12(7-4-10)26-16(17,18)19/h3-9H,1-2H3,(H,20,23). The third-order valence-corrected chi connectivity index (χ3v) is 3.26. The van der Waals surface area contributed by atoms with Gasteiger partial charge in [0.05, 0.1) is 10.5 Å². The Kier molecular flexibility index (Phi) is 5.34. The average molecular weight is 369 g/mol. The smallest absolute Gasteiger partial charge is 0.406 e. The van der Waals surface area contributed by atoms with Crippen molar-refractivity contribution >= 4 is 23.0 Å². The van der Waals surface area contributed by atoms with Crippen molar-refractivity contribution in [2.24, 2.45) is 0 Å². The number of rotatable bonds is 5. The van der Waals surface area contributed by atoms with Crippen LogP contribution in [0.5, 0.6) is 5.75 Å². The van der Waals surface area contributed by atoms with Gasteiger partial charge in [0.1, 0.15) is 5.75 Å². The van der Waals surface area contributed by atoms with E-state index < -0.39 is 22.9 Å². The van der Waals surface area contributed by atoms with E-state index in [1.165, 1.54) is 24.3 Å². The van der Waals surface area contributed by atoms with Gasteiger partial charge >= 0.3 is 6.36 Å². The molecule has 0 aromatic heterocycles. The lowest BCUT2D eigenvalue weighted by molar-refractivity contribution is -0.384. The lowest BCUT2D eigenvalue weighted by Gasteiger charge is -2.17. The van der Waals surface area contributed by atoms with Gasteiger partial charge in [-0.05, 0) is 30.3 Å². The summed E-state index contributed by atoms with van der Waals surface area (Å²) in [6.07, 6.45) is -4.81. The van der Waals surface area contributed by atoms with Crippen LogP contribution >= 0.6 is 0 Å². The summed E-state index contributed by atoms with van der Waals surface area (Å²) < 4.78 is 40.2. The Bertz CT molecular complexity index is 820. The second-order valence-corrected chi connectivity index (χ2v) is 5.38. The summed E-state index contributed by atoms with van der Waals surface area (Å²) in [5.41, 5.74) is 0.459. The summed E-state index contributed by atoms with van der Waals surface area (Å²) >= 11 is 0. The minimum atomic E-state index is -4.81. The number of ether oxygens (including phenoxy) is 1. The first-order valence-electron chi connectivity index (χ1n) is 7.20. The van der Waals surface area contributed by atoms with Crippen LogP contribution < -0.4 is 15.0 Å². The number of nitro benzene ring substituents is 1. The van der Waals surface area contributed by atoms with Crippen molar-refractivity contribution in [1.82, 2.24) is 0 Å². The molecule has 2 aromatic rings. The van der Waals surface area contributed by atoms with E-state index in [0.29, 0.717) is 5.69 Å². The molecule has 2 aromatic carbocycles. The number of nitro groups is 1. The van der Waals surface area contributed by atoms with Gasteiger partial charge in [-0.1, -0.05) is 0 Å². The predicted molar refractivity (Wildman–Crippen MR) is 88.5 cm³/mol. The summed E-state index contributed by atoms with van der Waals surface area (Å²) in [4.78, 5) is 24.4. The molecule has 0 aliphatic rings. The van der Waals surface area contributed by atoms with E-state index in [4.69, 9.17) is 0 Å². The molecule has 0 spiro atoms. The Morgan fingerprint density at radius 1 is 1.15 bits per heavy atom. The first kappa shape index (κ1) is 19.0. The molecule has 1 N–H and O–H groups in total. The molecule has 0 aliphatic carbocycles. The molecule has 0 aliphatic heterocycles. The zero-order valence-electron chi connectivity index (χ0n) is 13.7. The van der Waals surface area contributed by atoms with E-state index >= 15 is 0 Å². The Labute approximate surface area is 146 Å². The molecular weight excluding hydrogens is 355 g/mol. The third kappa shape index (κ3) is 4.85. The zero-order valence-corrected chi connectivity index (χ0v) is 13.7. The van der Waals surface area contributed by atoms with Crippen molar-refractivity contribution in [3.8, 4) is 5.75 Å². The lowest BCUT2D eigenvalue weighted by atomic mass is 10.1. The van der Waals surface area contributed by atoms with Crippen LogP contribution in [-0.4, -0.2) is 31.3 Å². The first-order valence-corrected chi connectivity index (χ1v) is 7.20. The monoisotopic (exact) mass is 369 g/mol. The molecule has 0 unspecified atom stereocenters. The van der Waals surface area contributed by atoms with Crippen molar-refractivity contribution in [1.29, 1.82) is 0 Å². The highest BCUT2D eigenvalue weighted by Gasteiger charge is 2.31. The number of nitrogens with zero attached hydrogens (tertiary/aromatic N) is 2. The van der Waals surface area contributed by atoms with E-state index in [0.717, 1.165) is 18.2 Å². The fourth-order valence-electron chi connectivity index (χ4n) is 2.15. The molecule has 0 heterocycles. The topological polar surface area (TPSA) is 84.7 Å². The van der Waals surface area contributed by atoms with Gasteiger partial charge in [0.15, 0.2) is 0 Å². The molecule has 0 radical (unpaired) electrons. The zero-order chi connectivity index (χ0) is 19.5. The molecule has 0 atom stereocenters. The van der Waals surface area contributed by atoms with Gasteiger partial charge in [-0.15, -0.1) is 13.2 Å². The van der Waals surface area contributed by atoms with Crippen LogP contribution in [0.1, 0.15) is 10.4 Å². The normalized spacial score (nSPS) is 11.0. The molecule has 26 heavy (non-hydrogen) atoms. The maximum absolute atomic E-state index is 12.5. The van der Waals surface area contributed by atoms with Crippen LogP contribution in [0, 0.1) is 10.1 Å². The number of nitrogens with one attached hydrogen (secondary N) is 1. The van der Waals surface area contributed by atoms with Crippen LogP contribution in [0.25, 0.3) is 0 Å². The molecule has 10 heteroatoms. The van der Waals surface area contributed by atoms with Crippen molar-refractivity contribution in [3.63, 3.8) is 0 Å². The van der Waals surface area contributed by atoms with Gasteiger partial charge in [-0.3, -0.25) is 14.9 Å². The van der Waals surface area contributed by atoms with Crippen molar-refractivity contribution in [2.45, 2.75) is 6.36 Å². The van der Waals surface area contributed by atoms with Gasteiger partial charge in [0, 0.05) is 37.6 Å². The average Bonchev–Trinajstić information content (AvgIpc) is 2.54. The summed E-state index contributed by atoms with van der Waals surface area (Å²) in [5.74, 6) is -1.07. The second-order valence-electron chi connectivity index (χ2n) is 5.38. The van der Waals surface area contributed by atoms with E-state index in [1.807, 2.05) is 0 Å². The third-order valence-electron chi connectivity index (χ3n) is 3.26. The molecule has 138 valence electrons. The maximum Gasteiger partial charge on any atom is 0.573 e. The van der Waals surface area contributed by atoms with Gasteiger partial charge in [0.2, 0.25) is 0 Å². The van der Waals surface area contributed by atoms with Crippen LogP contribution in [0.4, 0.5) is 30.2 Å². The highest BCUT2D eigenvalue weighted by Crippen LogP contribution is 2.27. The molecule has 7 nitrogen and oxygen atoms in total. The summed E-state index contributed by atoms with van der Waals surface area (Å²) in [5, 5.41) is 13.4. The fourth-order valence-corrected chi connectivity index (χ4v) is 2.15. The number of alkyl halides is 3. The molecule has 2 rings (SSSR count). The Hall–Kier alpha value is -3.30. The van der Waals surface area contributed by atoms with E-state index in [-0.39, 0.29) is 16.9 Å². The quantitative estimate of drug-likeness (QED) is 0.640. The summed E-state index contributed by atoms with van der Waals surface area (Å²) in [7, 11) is 3.34. The fraction of sp³-hybridized carbons (Fsp3) is 0.188. The van der Waals surface area contributed by atoms with Crippen LogP contribution in [0.15, 0.2) is 42.5 Å². The molecule has 1 amide bonds. The number of non-ortho nitro benzene ring substituents is 1. The number of hydrogen-bond donors (Lipinski definition) is 1. The molecule has 0 saturated carbocycles. The van der Waals surface area contributed by atoms with Crippen molar-refractivity contribution in [2.75, 3.05) is 24.3 Å². The highest BCUT2D eigenvalue weighted by atomic mass is 19.4. The molecular formula is C16H14F3N3O4. The van der Waals surface area contributed by atoms with Crippen LogP contribution in [0.3, 0.4) is 0 Å². The Balaban J connectivity index is 2.24. The molecule has 0 fully saturated rings. The SMILES string of the molecule is CN(C)c1ccc([N+](=O)[O-])cc1C(=O)Nc1ccc(OC(F)(F)F)cc1. The minimum absolute atomic E-state index is 0.0554. The first-order chi connectivity index (χ1) is 12.1. The highest BCUT2D eigenvalue weighted by molar-refractivity contribution is 6.08. The van der Waals surface area contributed by atoms with Crippen LogP contribution in [-0.2, 0) is 0 Å². The van der Waals surface area contributed by atoms with Gasteiger partial charge in [-0.2, -0.15) is 0 Å². The molecule has 0 saturated heterocycles. The second kappa shape index (κ2) is 7.30. The largest absolute Gasteiger partial charge is 0.573 e. The molecule has 0 bridgehead atoms. The number of amides is 1. The predicted octanol–water partition coefficient (Wildman–Crippen LogP) is 3.81. The van der Waals surface area contributed by atoms with Crippen molar-refractivity contribution < 1.29 is 27.6 Å². The summed E-state index contributed by atoms with van der Waals surface area (Å²) in [6.45, 7) is 0. The maximum atomic E-state index is 12.5. The number of anilines is 2. The van der Waals surface area contributed by atoms with Gasteiger partial charge < -0.3 is 15.0 Å². The number of halogens is 3. The van der Waals surface area contributed by atoms with Gasteiger partial charge in [0.25, 0.3) is 11.6 Å². The minimum Gasteiger partial charge on any atom is -0.406 e.